The van der Waals surface area contributed by atoms with Gasteiger partial charge in [0.15, 0.2) is 0 Å². The van der Waals surface area contributed by atoms with Crippen molar-refractivity contribution in [3.8, 4) is 0 Å². The maximum absolute atomic E-state index is 5.08. The molecule has 1 fully saturated rings. The molecular weight excluding hydrogens is 588 g/mol. The lowest BCUT2D eigenvalue weighted by Gasteiger charge is -2.26. The van der Waals surface area contributed by atoms with Gasteiger partial charge in [-0.1, -0.05) is 98.4 Å². The van der Waals surface area contributed by atoms with Crippen molar-refractivity contribution in [1.29, 1.82) is 0 Å². The first-order valence-electron chi connectivity index (χ1n) is 11.9. The predicted octanol–water partition coefficient (Wildman–Crippen LogP) is 9.84. The third kappa shape index (κ3) is 9.15. The quantitative estimate of drug-likeness (QED) is 0.236. The summed E-state index contributed by atoms with van der Waals surface area (Å²) in [5, 5.41) is 0. The summed E-state index contributed by atoms with van der Waals surface area (Å²) in [6.45, 7) is 13.5. The van der Waals surface area contributed by atoms with Crippen molar-refractivity contribution in [1.82, 2.24) is 0 Å². The van der Waals surface area contributed by atoms with Crippen molar-refractivity contribution in [2.45, 2.75) is 98.6 Å². The minimum absolute atomic E-state index is 0.147. The van der Waals surface area contributed by atoms with Gasteiger partial charge in [0, 0.05) is 51.8 Å². The molecule has 34 heavy (non-hydrogen) atoms. The van der Waals surface area contributed by atoms with Crippen LogP contribution >= 0.6 is 55.4 Å². The second-order valence-electron chi connectivity index (χ2n) is 10.8. The lowest BCUT2D eigenvalue weighted by molar-refractivity contribution is 0.390. The van der Waals surface area contributed by atoms with Crippen LogP contribution in [0.15, 0.2) is 65.1 Å². The summed E-state index contributed by atoms with van der Waals surface area (Å²) in [4.78, 5) is 12.7. The molecule has 0 radical (unpaired) electrons. The average Bonchev–Trinajstić information content (AvgIpc) is 2.71. The Labute approximate surface area is 231 Å². The maximum Gasteiger partial charge on any atom is 0.0723 e. The highest BCUT2D eigenvalue weighted by atomic mass is 79.9. The molecule has 1 aliphatic rings. The van der Waals surface area contributed by atoms with E-state index in [9.17, 15) is 0 Å². The molecule has 0 spiro atoms. The summed E-state index contributed by atoms with van der Waals surface area (Å²) >= 11 is 11.0. The number of aliphatic imine (C=N–C) groups is 2. The molecular formula is C28H36Br2N2S2. The average molecular weight is 625 g/mol. The van der Waals surface area contributed by atoms with Crippen molar-refractivity contribution in [2.75, 3.05) is 0 Å². The fourth-order valence-corrected chi connectivity index (χ4v) is 7.05. The van der Waals surface area contributed by atoms with Crippen LogP contribution in [0.1, 0.15) is 78.4 Å². The minimum Gasteiger partial charge on any atom is -0.287 e. The van der Waals surface area contributed by atoms with E-state index in [0.717, 1.165) is 21.8 Å². The first-order valence-corrected chi connectivity index (χ1v) is 15.1. The van der Waals surface area contributed by atoms with Gasteiger partial charge < -0.3 is 0 Å². The third-order valence-electron chi connectivity index (χ3n) is 5.29. The van der Waals surface area contributed by atoms with Gasteiger partial charge in [-0.3, -0.25) is 9.98 Å². The van der Waals surface area contributed by atoms with Gasteiger partial charge in [0.1, 0.15) is 0 Å². The molecule has 0 heterocycles. The zero-order valence-corrected chi connectivity index (χ0v) is 25.9. The van der Waals surface area contributed by atoms with Crippen LogP contribution in [0.2, 0.25) is 0 Å². The molecule has 0 aliphatic heterocycles. The van der Waals surface area contributed by atoms with E-state index in [1.54, 1.807) is 0 Å². The van der Waals surface area contributed by atoms with Crippen LogP contribution in [-0.4, -0.2) is 34.0 Å². The number of hydrogen-bond donors (Lipinski definition) is 0. The molecule has 2 unspecified atom stereocenters. The van der Waals surface area contributed by atoms with Gasteiger partial charge in [0.05, 0.1) is 12.1 Å². The fraction of sp³-hybridized carbons (Fsp3) is 0.500. The number of halogens is 2. The zero-order valence-electron chi connectivity index (χ0n) is 21.1. The van der Waals surface area contributed by atoms with E-state index in [1.807, 2.05) is 23.5 Å². The highest BCUT2D eigenvalue weighted by Crippen LogP contribution is 2.37. The summed E-state index contributed by atoms with van der Waals surface area (Å²) in [6.07, 6.45) is 8.81. The summed E-state index contributed by atoms with van der Waals surface area (Å²) in [7, 11) is 0. The van der Waals surface area contributed by atoms with Crippen LogP contribution < -0.4 is 0 Å². The van der Waals surface area contributed by atoms with Gasteiger partial charge in [-0.2, -0.15) is 0 Å². The Morgan fingerprint density at radius 1 is 0.706 bits per heavy atom. The van der Waals surface area contributed by atoms with Crippen LogP contribution in [0, 0.1) is 0 Å². The fourth-order valence-electron chi connectivity index (χ4n) is 3.86. The Kier molecular flexibility index (Phi) is 9.99. The van der Waals surface area contributed by atoms with Gasteiger partial charge in [-0.05, 0) is 37.1 Å². The number of thioether (sulfide) groups is 2. The Morgan fingerprint density at radius 3 is 1.44 bits per heavy atom. The van der Waals surface area contributed by atoms with Gasteiger partial charge in [-0.25, -0.2) is 0 Å². The summed E-state index contributed by atoms with van der Waals surface area (Å²) in [5.74, 6) is 0. The molecule has 2 nitrogen and oxygen atoms in total. The second kappa shape index (κ2) is 12.1. The molecule has 1 aliphatic carbocycles. The summed E-state index contributed by atoms with van der Waals surface area (Å²) < 4.78 is 2.51. The molecule has 2 atom stereocenters. The van der Waals surface area contributed by atoms with E-state index in [2.05, 4.69) is 122 Å². The van der Waals surface area contributed by atoms with Gasteiger partial charge >= 0.3 is 0 Å². The molecule has 3 rings (SSSR count). The topological polar surface area (TPSA) is 24.7 Å². The minimum atomic E-state index is 0.147. The molecule has 0 amide bonds. The first-order chi connectivity index (χ1) is 15.9. The molecule has 184 valence electrons. The Hall–Kier alpha value is -0.560. The van der Waals surface area contributed by atoms with E-state index >= 15 is 0 Å². The zero-order chi connectivity index (χ0) is 24.9. The molecule has 2 aromatic rings. The van der Waals surface area contributed by atoms with E-state index in [0.29, 0.717) is 0 Å². The first kappa shape index (κ1) is 28.0. The van der Waals surface area contributed by atoms with Crippen molar-refractivity contribution >= 4 is 67.8 Å². The lowest BCUT2D eigenvalue weighted by Crippen LogP contribution is -2.27. The van der Waals surface area contributed by atoms with Crippen LogP contribution in [0.5, 0.6) is 0 Å². The van der Waals surface area contributed by atoms with Crippen molar-refractivity contribution < 1.29 is 0 Å². The number of nitrogens with zero attached hydrogens (tertiary/aromatic N) is 2. The molecule has 0 bridgehead atoms. The number of hydrogen-bond acceptors (Lipinski definition) is 4. The van der Waals surface area contributed by atoms with E-state index in [1.165, 1.54) is 33.8 Å². The van der Waals surface area contributed by atoms with Gasteiger partial charge in [0.2, 0.25) is 0 Å². The Bertz CT molecular complexity index is 952. The highest BCUT2D eigenvalue weighted by Gasteiger charge is 2.24. The van der Waals surface area contributed by atoms with Crippen molar-refractivity contribution in [2.24, 2.45) is 9.98 Å². The van der Waals surface area contributed by atoms with Gasteiger partial charge in [0.25, 0.3) is 0 Å². The molecule has 6 heteroatoms. The Balaban J connectivity index is 1.82. The van der Waals surface area contributed by atoms with E-state index < -0.39 is 0 Å². The SMILES string of the molecule is CC(C)(C)Sc1cc(Br)ccc1C=NC1CCCCC1N=Cc1ccc(Br)cc1SC(C)(C)C. The molecule has 0 saturated heterocycles. The largest absolute Gasteiger partial charge is 0.287 e. The van der Waals surface area contributed by atoms with Crippen LogP contribution in [0.4, 0.5) is 0 Å². The van der Waals surface area contributed by atoms with E-state index in [-0.39, 0.29) is 21.6 Å². The standard InChI is InChI=1S/C28H36Br2N2S2/c1-27(2,3)33-25-15-21(29)13-11-19(25)17-31-23-9-7-8-10-24(23)32-18-20-12-14-22(30)16-26(20)34-28(4,5)6/h11-18,23-24H,7-10H2,1-6H3. The monoisotopic (exact) mass is 622 g/mol. The Morgan fingerprint density at radius 2 is 1.09 bits per heavy atom. The number of rotatable bonds is 6. The highest BCUT2D eigenvalue weighted by molar-refractivity contribution is 9.10. The summed E-state index contributed by atoms with van der Waals surface area (Å²) in [6, 6.07) is 13.4. The van der Waals surface area contributed by atoms with Gasteiger partial charge in [-0.15, -0.1) is 23.5 Å². The van der Waals surface area contributed by atoms with Crippen LogP contribution in [0.25, 0.3) is 0 Å². The third-order valence-corrected chi connectivity index (χ3v) is 8.65. The molecule has 0 N–H and O–H groups in total. The van der Waals surface area contributed by atoms with E-state index in [4.69, 9.17) is 9.98 Å². The molecule has 2 aromatic carbocycles. The summed E-state index contributed by atoms with van der Waals surface area (Å²) in [5.41, 5.74) is 2.38. The van der Waals surface area contributed by atoms with Crippen LogP contribution in [-0.2, 0) is 0 Å². The predicted molar refractivity (Wildman–Crippen MR) is 161 cm³/mol. The smallest absolute Gasteiger partial charge is 0.0723 e. The molecule has 1 saturated carbocycles. The number of benzene rings is 2. The lowest BCUT2D eigenvalue weighted by atomic mass is 9.91. The van der Waals surface area contributed by atoms with Crippen molar-refractivity contribution in [3.63, 3.8) is 0 Å². The second-order valence-corrected chi connectivity index (χ2v) is 16.3. The maximum atomic E-state index is 5.08. The van der Waals surface area contributed by atoms with Crippen molar-refractivity contribution in [3.05, 3.63) is 56.5 Å². The molecule has 0 aromatic heterocycles. The normalized spacial score (nSPS) is 19.9. The van der Waals surface area contributed by atoms with Crippen LogP contribution in [0.3, 0.4) is 0 Å².